The molecule has 32 heavy (non-hydrogen) atoms. The monoisotopic (exact) mass is 488 g/mol. The molecule has 1 aromatic carbocycles. The van der Waals surface area contributed by atoms with Crippen LogP contribution in [0.15, 0.2) is 24.3 Å². The maximum atomic E-state index is 12.9. The average Bonchev–Trinajstić information content (AvgIpc) is 3.09. The van der Waals surface area contributed by atoms with Gasteiger partial charge in [-0.25, -0.2) is 12.8 Å². The van der Waals surface area contributed by atoms with Gasteiger partial charge in [-0.1, -0.05) is 13.8 Å². The number of hydrogen-bond acceptors (Lipinski definition) is 7. The Hall–Kier alpha value is -2.14. The Balaban J connectivity index is 1.80. The van der Waals surface area contributed by atoms with E-state index in [1.165, 1.54) is 29.2 Å². The summed E-state index contributed by atoms with van der Waals surface area (Å²) in [7, 11) is -3.16. The molecule has 1 aliphatic rings. The van der Waals surface area contributed by atoms with E-state index in [2.05, 4.69) is 5.32 Å². The van der Waals surface area contributed by atoms with Crippen LogP contribution in [-0.4, -0.2) is 72.8 Å². The van der Waals surface area contributed by atoms with Gasteiger partial charge in [-0.15, -0.1) is 11.8 Å². The Labute approximate surface area is 192 Å². The molecule has 11 heteroatoms. The first-order valence-electron chi connectivity index (χ1n) is 10.3. The molecule has 2 atom stereocenters. The van der Waals surface area contributed by atoms with Gasteiger partial charge < -0.3 is 15.0 Å². The van der Waals surface area contributed by atoms with E-state index in [0.29, 0.717) is 18.7 Å². The first-order chi connectivity index (χ1) is 15.0. The molecule has 0 saturated carbocycles. The highest BCUT2D eigenvalue weighted by atomic mass is 32.2. The van der Waals surface area contributed by atoms with Gasteiger partial charge in [0.25, 0.3) is 5.91 Å². The van der Waals surface area contributed by atoms with Gasteiger partial charge in [-0.05, 0) is 43.5 Å². The molecule has 0 spiro atoms. The molecule has 0 bridgehead atoms. The number of amides is 2. The summed E-state index contributed by atoms with van der Waals surface area (Å²) in [4.78, 5) is 38.4. The lowest BCUT2D eigenvalue weighted by atomic mass is 10.1. The first kappa shape index (κ1) is 26.1. The number of anilines is 1. The van der Waals surface area contributed by atoms with E-state index in [1.54, 1.807) is 6.92 Å². The van der Waals surface area contributed by atoms with Gasteiger partial charge in [0.1, 0.15) is 11.1 Å². The third kappa shape index (κ3) is 8.42. The van der Waals surface area contributed by atoms with Crippen molar-refractivity contribution >= 4 is 45.1 Å². The van der Waals surface area contributed by atoms with Crippen LogP contribution < -0.4 is 5.32 Å². The minimum absolute atomic E-state index is 0.0268. The summed E-state index contributed by atoms with van der Waals surface area (Å²) < 4.78 is 41.6. The molecule has 1 aromatic rings. The summed E-state index contributed by atoms with van der Waals surface area (Å²) in [5.41, 5.74) is 0.442. The average molecular weight is 489 g/mol. The number of esters is 1. The highest BCUT2D eigenvalue weighted by Gasteiger charge is 2.35. The largest absolute Gasteiger partial charge is 0.455 e. The first-order valence-corrected chi connectivity index (χ1v) is 13.2. The van der Waals surface area contributed by atoms with Gasteiger partial charge in [-0.3, -0.25) is 14.4 Å². The zero-order valence-corrected chi connectivity index (χ0v) is 20.0. The maximum absolute atomic E-state index is 12.9. The number of ether oxygens (including phenoxy) is 1. The van der Waals surface area contributed by atoms with Crippen molar-refractivity contribution in [3.63, 3.8) is 0 Å². The van der Waals surface area contributed by atoms with Gasteiger partial charge in [0.15, 0.2) is 16.4 Å². The number of thioether (sulfide) groups is 1. The van der Waals surface area contributed by atoms with Crippen molar-refractivity contribution in [3.05, 3.63) is 30.1 Å². The van der Waals surface area contributed by atoms with E-state index in [1.807, 2.05) is 13.8 Å². The van der Waals surface area contributed by atoms with E-state index in [-0.39, 0.29) is 29.1 Å². The summed E-state index contributed by atoms with van der Waals surface area (Å²) in [5, 5.41) is 1.91. The quantitative estimate of drug-likeness (QED) is 0.502. The molecule has 2 unspecified atom stereocenters. The number of hydrogen-bond donors (Lipinski definition) is 1. The molecule has 2 rings (SSSR count). The standard InChI is InChI=1S/C21H29FN2O6S2/c1-14(2)10-24(18-8-9-32(28,29)13-18)20(26)11-30-21(27)15(3)31-12-19(25)23-17-6-4-16(22)5-7-17/h4-7,14-15,18H,8-13H2,1-3H3,(H,23,25). The molecule has 1 saturated heterocycles. The lowest BCUT2D eigenvalue weighted by Crippen LogP contribution is -2.45. The maximum Gasteiger partial charge on any atom is 0.319 e. The fraction of sp³-hybridized carbons (Fsp3) is 0.571. The number of nitrogens with zero attached hydrogens (tertiary/aromatic N) is 1. The topological polar surface area (TPSA) is 110 Å². The van der Waals surface area contributed by atoms with Gasteiger partial charge in [0.2, 0.25) is 5.91 Å². The van der Waals surface area contributed by atoms with Crippen molar-refractivity contribution in [3.8, 4) is 0 Å². The van der Waals surface area contributed by atoms with Crippen molar-refractivity contribution in [2.75, 3.05) is 35.7 Å². The van der Waals surface area contributed by atoms with Crippen molar-refractivity contribution in [2.45, 2.75) is 38.5 Å². The van der Waals surface area contributed by atoms with Gasteiger partial charge >= 0.3 is 5.97 Å². The van der Waals surface area contributed by atoms with Gasteiger partial charge in [0, 0.05) is 18.3 Å². The van der Waals surface area contributed by atoms with Crippen LogP contribution in [0, 0.1) is 11.7 Å². The van der Waals surface area contributed by atoms with Crippen molar-refractivity contribution < 1.29 is 31.9 Å². The second-order valence-corrected chi connectivity index (χ2v) is 11.7. The molecule has 1 heterocycles. The minimum atomic E-state index is -3.16. The Morgan fingerprint density at radius 1 is 1.22 bits per heavy atom. The summed E-state index contributed by atoms with van der Waals surface area (Å²) in [5.74, 6) is -1.76. The molecule has 2 amide bonds. The molecule has 1 fully saturated rings. The van der Waals surface area contributed by atoms with Crippen LogP contribution in [0.2, 0.25) is 0 Å². The summed E-state index contributed by atoms with van der Waals surface area (Å²) in [6, 6.07) is 4.90. The third-order valence-corrected chi connectivity index (χ3v) is 7.67. The molecule has 0 aliphatic carbocycles. The van der Waals surface area contributed by atoms with Crippen LogP contribution in [0.1, 0.15) is 27.2 Å². The molecule has 178 valence electrons. The summed E-state index contributed by atoms with van der Waals surface area (Å²) in [6.07, 6.45) is 0.379. The Morgan fingerprint density at radius 2 is 1.88 bits per heavy atom. The number of rotatable bonds is 10. The van der Waals surface area contributed by atoms with Crippen LogP contribution in [0.4, 0.5) is 10.1 Å². The van der Waals surface area contributed by atoms with Crippen LogP contribution in [0.25, 0.3) is 0 Å². The molecule has 0 aromatic heterocycles. The fourth-order valence-electron chi connectivity index (χ4n) is 3.20. The van der Waals surface area contributed by atoms with Gasteiger partial charge in [-0.2, -0.15) is 0 Å². The predicted molar refractivity (Wildman–Crippen MR) is 122 cm³/mol. The number of halogens is 1. The Morgan fingerprint density at radius 3 is 2.44 bits per heavy atom. The Kier molecular flexibility index (Phi) is 9.50. The van der Waals surface area contributed by atoms with E-state index >= 15 is 0 Å². The number of carbonyl (C=O) groups is 3. The molecule has 0 radical (unpaired) electrons. The summed E-state index contributed by atoms with van der Waals surface area (Å²) in [6.45, 7) is 5.31. The second-order valence-electron chi connectivity index (χ2n) is 8.11. The number of benzene rings is 1. The molecular weight excluding hydrogens is 459 g/mol. The van der Waals surface area contributed by atoms with E-state index in [4.69, 9.17) is 4.74 Å². The summed E-state index contributed by atoms with van der Waals surface area (Å²) >= 11 is 1.05. The van der Waals surface area contributed by atoms with Crippen LogP contribution in [0.5, 0.6) is 0 Å². The van der Waals surface area contributed by atoms with Crippen molar-refractivity contribution in [1.29, 1.82) is 0 Å². The molecular formula is C21H29FN2O6S2. The Bertz CT molecular complexity index is 921. The predicted octanol–water partition coefficient (Wildman–Crippen LogP) is 2.10. The zero-order chi connectivity index (χ0) is 23.9. The number of nitrogens with one attached hydrogen (secondary N) is 1. The highest BCUT2D eigenvalue weighted by Crippen LogP contribution is 2.20. The normalized spacial score (nSPS) is 18.2. The highest BCUT2D eigenvalue weighted by molar-refractivity contribution is 8.01. The van der Waals surface area contributed by atoms with Gasteiger partial charge in [0.05, 0.1) is 17.3 Å². The van der Waals surface area contributed by atoms with Crippen molar-refractivity contribution in [2.24, 2.45) is 5.92 Å². The van der Waals surface area contributed by atoms with Crippen LogP contribution >= 0.6 is 11.8 Å². The fourth-order valence-corrected chi connectivity index (χ4v) is 5.61. The molecule has 8 nitrogen and oxygen atoms in total. The molecule has 1 aliphatic heterocycles. The van der Waals surface area contributed by atoms with E-state index in [0.717, 1.165) is 11.8 Å². The number of carbonyl (C=O) groups excluding carboxylic acids is 3. The third-order valence-electron chi connectivity index (χ3n) is 4.79. The van der Waals surface area contributed by atoms with Crippen LogP contribution in [0.3, 0.4) is 0 Å². The lowest BCUT2D eigenvalue weighted by molar-refractivity contribution is -0.152. The lowest BCUT2D eigenvalue weighted by Gasteiger charge is -2.29. The van der Waals surface area contributed by atoms with E-state index in [9.17, 15) is 27.2 Å². The minimum Gasteiger partial charge on any atom is -0.455 e. The smallest absolute Gasteiger partial charge is 0.319 e. The second kappa shape index (κ2) is 11.6. The van der Waals surface area contributed by atoms with Crippen LogP contribution in [-0.2, 0) is 29.0 Å². The number of sulfone groups is 1. The van der Waals surface area contributed by atoms with E-state index < -0.39 is 45.4 Å². The zero-order valence-electron chi connectivity index (χ0n) is 18.4. The molecule has 1 N–H and O–H groups in total. The SMILES string of the molecule is CC(C)CN(C(=O)COC(=O)C(C)SCC(=O)Nc1ccc(F)cc1)C1CCS(=O)(=O)C1. The van der Waals surface area contributed by atoms with Crippen molar-refractivity contribution in [1.82, 2.24) is 4.90 Å².